The van der Waals surface area contributed by atoms with Crippen LogP contribution in [0.25, 0.3) is 245 Å². The minimum absolute atomic E-state index is 0.614. The van der Waals surface area contributed by atoms with E-state index < -0.39 is 0 Å². The molecule has 0 amide bonds. The third-order valence-corrected chi connectivity index (χ3v) is 27.9. The molecule has 588 valence electrons. The number of fused-ring (bicyclic) bond motifs is 21. The van der Waals surface area contributed by atoms with E-state index in [0.29, 0.717) is 17.5 Å². The zero-order valence-electron chi connectivity index (χ0n) is 67.6. The fourth-order valence-electron chi connectivity index (χ4n) is 18.9. The first-order valence-corrected chi connectivity index (χ1v) is 44.7. The van der Waals surface area contributed by atoms with Crippen LogP contribution in [0.1, 0.15) is 0 Å². The molecule has 126 heavy (non-hydrogen) atoms. The molecule has 9 nitrogen and oxygen atoms in total. The highest BCUT2D eigenvalue weighted by molar-refractivity contribution is 7.27. The van der Waals surface area contributed by atoms with Crippen LogP contribution in [0.5, 0.6) is 0 Å². The Morgan fingerprint density at radius 1 is 0.151 bits per heavy atom. The van der Waals surface area contributed by atoms with Crippen molar-refractivity contribution in [2.45, 2.75) is 0 Å². The van der Waals surface area contributed by atoms with E-state index in [1.54, 1.807) is 0 Å². The summed E-state index contributed by atoms with van der Waals surface area (Å²) >= 11 is 5.58. The van der Waals surface area contributed by atoms with E-state index in [-0.39, 0.29) is 0 Å². The van der Waals surface area contributed by atoms with Crippen molar-refractivity contribution in [1.29, 1.82) is 0 Å². The maximum absolute atomic E-state index is 5.40. The summed E-state index contributed by atoms with van der Waals surface area (Å²) in [5.74, 6) is 1.90. The fourth-order valence-corrected chi connectivity index (χ4v) is 22.2. The van der Waals surface area contributed by atoms with Gasteiger partial charge < -0.3 is 13.7 Å². The van der Waals surface area contributed by atoms with Gasteiger partial charge in [0.05, 0.1) is 67.3 Å². The predicted molar refractivity (Wildman–Crippen MR) is 530 cm³/mol. The van der Waals surface area contributed by atoms with Crippen LogP contribution in [-0.4, -0.2) is 43.6 Å². The van der Waals surface area contributed by atoms with Crippen molar-refractivity contribution in [3.63, 3.8) is 0 Å². The van der Waals surface area contributed by atoms with Gasteiger partial charge in [-0.15, -0.1) is 34.0 Å². The summed E-state index contributed by atoms with van der Waals surface area (Å²) < 4.78 is 15.1. The Labute approximate surface area is 735 Å². The van der Waals surface area contributed by atoms with Gasteiger partial charge in [-0.3, -0.25) is 0 Å². The largest absolute Gasteiger partial charge is 0.309 e. The fraction of sp³-hybridized carbons (Fsp3) is 0. The Kier molecular flexibility index (Phi) is 17.3. The summed E-state index contributed by atoms with van der Waals surface area (Å²) in [5, 5.41) is 15.2. The molecule has 0 unspecified atom stereocenters. The molecule has 0 saturated heterocycles. The van der Waals surface area contributed by atoms with E-state index in [1.165, 1.54) is 92.8 Å². The normalized spacial score (nSPS) is 11.8. The first kappa shape index (κ1) is 72.8. The lowest BCUT2D eigenvalue weighted by atomic mass is 10.0. The molecule has 0 bridgehead atoms. The highest BCUT2D eigenvalue weighted by Crippen LogP contribution is 2.50. The number of benzene rings is 17. The van der Waals surface area contributed by atoms with Gasteiger partial charge in [-0.2, -0.15) is 0 Å². The van der Waals surface area contributed by atoms with E-state index in [2.05, 4.69) is 408 Å². The summed E-state index contributed by atoms with van der Waals surface area (Å²) in [4.78, 5) is 32.1. The van der Waals surface area contributed by atoms with Crippen molar-refractivity contribution in [1.82, 2.24) is 43.6 Å². The zero-order chi connectivity index (χ0) is 82.9. The van der Waals surface area contributed by atoms with E-state index in [4.69, 9.17) is 29.9 Å². The van der Waals surface area contributed by atoms with Gasteiger partial charge in [0, 0.05) is 160 Å². The Bertz CT molecular complexity index is 8310. The van der Waals surface area contributed by atoms with Crippen molar-refractivity contribution >= 4 is 160 Å². The topological polar surface area (TPSA) is 92.1 Å². The molecule has 0 spiro atoms. The molecule has 26 aromatic rings. The number of nitrogens with zero attached hydrogens (tertiary/aromatic N) is 9. The lowest BCUT2D eigenvalue weighted by molar-refractivity contribution is 1.12. The quantitative estimate of drug-likeness (QED) is 0.121. The number of thiophene rings is 3. The van der Waals surface area contributed by atoms with Crippen LogP contribution >= 0.6 is 34.0 Å². The molecule has 0 aliphatic carbocycles. The molecule has 0 N–H and O–H groups in total. The third-order valence-electron chi connectivity index (χ3n) is 24.5. The van der Waals surface area contributed by atoms with Gasteiger partial charge in [-0.25, -0.2) is 29.9 Å². The molecule has 0 fully saturated rings. The maximum atomic E-state index is 5.40. The van der Waals surface area contributed by atoms with Gasteiger partial charge in [0.2, 0.25) is 0 Å². The van der Waals surface area contributed by atoms with Crippen molar-refractivity contribution in [3.8, 4) is 119 Å². The molecule has 9 heterocycles. The molecule has 0 radical (unpaired) electrons. The summed E-state index contributed by atoms with van der Waals surface area (Å²) in [5.41, 5.74) is 23.9. The number of para-hydroxylation sites is 3. The second-order valence-electron chi connectivity index (χ2n) is 31.9. The lowest BCUT2D eigenvalue weighted by Gasteiger charge is -2.16. The van der Waals surface area contributed by atoms with Crippen LogP contribution in [0.2, 0.25) is 0 Å². The van der Waals surface area contributed by atoms with E-state index >= 15 is 0 Å². The third kappa shape index (κ3) is 12.3. The van der Waals surface area contributed by atoms with Gasteiger partial charge in [0.15, 0.2) is 17.5 Å². The van der Waals surface area contributed by atoms with E-state index in [9.17, 15) is 0 Å². The van der Waals surface area contributed by atoms with Crippen LogP contribution in [-0.2, 0) is 0 Å². The first-order valence-electron chi connectivity index (χ1n) is 42.3. The number of hydrogen-bond acceptors (Lipinski definition) is 9. The first-order chi connectivity index (χ1) is 62.4. The molecular weight excluding hydrogens is 1590 g/mol. The predicted octanol–water partition coefficient (Wildman–Crippen LogP) is 31.1. The van der Waals surface area contributed by atoms with Crippen LogP contribution in [0.3, 0.4) is 0 Å². The van der Waals surface area contributed by atoms with E-state index in [1.807, 2.05) is 58.3 Å². The van der Waals surface area contributed by atoms with Crippen LogP contribution in [0.4, 0.5) is 0 Å². The summed E-state index contributed by atoms with van der Waals surface area (Å²) in [7, 11) is 0. The van der Waals surface area contributed by atoms with Gasteiger partial charge in [0.25, 0.3) is 0 Å². The van der Waals surface area contributed by atoms with Gasteiger partial charge >= 0.3 is 0 Å². The SMILES string of the molecule is c1ccc(-c2cc(-c3ccccc3)nc(-c3cc(-c4nc(-c5ccccc5)cc(-c5ccccc5)n4)cc(-n4c5ccccc5c5c6c(ccc54)sc4ccccc46)c3)n2)cc1.c1ccc(-c2cc(-c3ccccc3)nc(-c3cc(-n4c5ccccc5c5c6c(ccc54)sc4ccccc46)cc(-n4c5ccccc5c5c6c(ccc54)sc4ccccc46)c3)n2)cc1. The Morgan fingerprint density at radius 3 is 0.643 bits per heavy atom. The minimum Gasteiger partial charge on any atom is -0.309 e. The van der Waals surface area contributed by atoms with Crippen molar-refractivity contribution < 1.29 is 0 Å². The number of hydrogen-bond donors (Lipinski definition) is 0. The average molecular weight is 1660 g/mol. The molecule has 12 heteroatoms. The highest BCUT2D eigenvalue weighted by atomic mass is 32.1. The maximum Gasteiger partial charge on any atom is 0.160 e. The van der Waals surface area contributed by atoms with Gasteiger partial charge in [-0.05, 0) is 127 Å². The standard InChI is InChI=1S/C58H34N4S2.C56H35N5S/c1-3-15-35(16-4-1)44-34-45(36-17-5-2-6-18-36)60-58(59-44)37-31-38(61-46-23-11-7-19-40(46)54-48(61)27-29-52-56(54)42-21-9-13-25-50(42)63-52)33-39(32-37)62-47-24-12-8-20-41(47)55-49(62)28-30-53-57(55)43-22-10-14-26-51(43)64-53;1-5-17-36(18-6-1)45-34-46(37-19-7-2-8-20-37)58-55(57-45)40-31-41(56-59-47(38-21-9-3-10-22-38)35-48(60-56)39-23-11-4-12-24-39)33-42(32-40)61-49-27-15-13-25-43(49)53-50(61)29-30-52-54(53)44-26-14-16-28-51(44)62-52/h1-34H;1-35H. The highest BCUT2D eigenvalue weighted by Gasteiger charge is 2.27. The van der Waals surface area contributed by atoms with Crippen molar-refractivity contribution in [2.24, 2.45) is 0 Å². The van der Waals surface area contributed by atoms with Crippen molar-refractivity contribution in [3.05, 3.63) is 419 Å². The van der Waals surface area contributed by atoms with E-state index in [0.717, 1.165) is 134 Å². The minimum atomic E-state index is 0.614. The average Bonchev–Trinajstić information content (AvgIpc) is 1.54. The molecule has 0 saturated carbocycles. The number of rotatable bonds is 12. The molecule has 0 atom stereocenters. The zero-order valence-corrected chi connectivity index (χ0v) is 70.0. The van der Waals surface area contributed by atoms with Crippen molar-refractivity contribution in [2.75, 3.05) is 0 Å². The molecule has 9 aromatic heterocycles. The summed E-state index contributed by atoms with van der Waals surface area (Å²) in [6.07, 6.45) is 0. The Morgan fingerprint density at radius 2 is 0.373 bits per heavy atom. The Hall–Kier alpha value is -16.0. The second-order valence-corrected chi connectivity index (χ2v) is 35.2. The molecule has 0 aliphatic rings. The smallest absolute Gasteiger partial charge is 0.160 e. The van der Waals surface area contributed by atoms with Crippen LogP contribution < -0.4 is 0 Å². The van der Waals surface area contributed by atoms with Gasteiger partial charge in [0.1, 0.15) is 0 Å². The number of aromatic nitrogens is 9. The lowest BCUT2D eigenvalue weighted by Crippen LogP contribution is -2.02. The van der Waals surface area contributed by atoms with Crippen LogP contribution in [0, 0.1) is 0 Å². The summed E-state index contributed by atoms with van der Waals surface area (Å²) in [6.45, 7) is 0. The molecular formula is C114H69N9S3. The Balaban J connectivity index is 0.000000137. The molecule has 0 aliphatic heterocycles. The molecule has 17 aromatic carbocycles. The second kappa shape index (κ2) is 30.0. The monoisotopic (exact) mass is 1660 g/mol. The molecule has 26 rings (SSSR count). The summed E-state index contributed by atoms with van der Waals surface area (Å²) in [6, 6.07) is 149. The van der Waals surface area contributed by atoms with Gasteiger partial charge in [-0.1, -0.05) is 291 Å². The van der Waals surface area contributed by atoms with Crippen LogP contribution in [0.15, 0.2) is 419 Å².